The molecule has 5 nitrogen and oxygen atoms in total. The Labute approximate surface area is 149 Å². The van der Waals surface area contributed by atoms with Crippen molar-refractivity contribution in [2.45, 2.75) is 69.4 Å². The summed E-state index contributed by atoms with van der Waals surface area (Å²) in [6.45, 7) is 3.64. The molecule has 1 aromatic rings. The maximum absolute atomic E-state index is 13.2. The van der Waals surface area contributed by atoms with Gasteiger partial charge in [-0.1, -0.05) is 26.2 Å². The third-order valence-electron chi connectivity index (χ3n) is 4.72. The highest BCUT2D eigenvalue weighted by Crippen LogP contribution is 2.27. The van der Waals surface area contributed by atoms with E-state index in [1.54, 1.807) is 0 Å². The normalized spacial score (nSPS) is 17.4. The first-order valence-corrected chi connectivity index (χ1v) is 10.4. The third-order valence-corrected chi connectivity index (χ3v) is 6.63. The summed E-state index contributed by atoms with van der Waals surface area (Å²) in [5, 5.41) is 2.83. The van der Waals surface area contributed by atoms with Crippen molar-refractivity contribution in [1.29, 1.82) is 0 Å². The fraction of sp³-hybridized carbons (Fsp3) is 0.611. The Hall–Kier alpha value is -1.47. The van der Waals surface area contributed by atoms with Gasteiger partial charge in [-0.3, -0.25) is 4.79 Å². The smallest absolute Gasteiger partial charge is 0.243 e. The van der Waals surface area contributed by atoms with E-state index in [-0.39, 0.29) is 29.4 Å². The number of nitrogens with one attached hydrogen (secondary N) is 1. The minimum absolute atomic E-state index is 0.00534. The van der Waals surface area contributed by atoms with Crippen LogP contribution in [0.5, 0.6) is 0 Å². The van der Waals surface area contributed by atoms with E-state index >= 15 is 0 Å². The first-order valence-electron chi connectivity index (χ1n) is 8.91. The Bertz CT molecular complexity index is 670. The molecule has 1 aliphatic carbocycles. The number of benzene rings is 1. The number of amides is 1. The van der Waals surface area contributed by atoms with Crippen LogP contribution >= 0.6 is 0 Å². The lowest BCUT2D eigenvalue weighted by molar-refractivity contribution is -0.122. The number of hydrogen-bond acceptors (Lipinski definition) is 3. The summed E-state index contributed by atoms with van der Waals surface area (Å²) < 4.78 is 40.6. The van der Waals surface area contributed by atoms with Crippen LogP contribution in [0.15, 0.2) is 29.2 Å². The summed E-state index contributed by atoms with van der Waals surface area (Å²) in [7, 11) is -3.85. The Morgan fingerprint density at radius 1 is 1.24 bits per heavy atom. The van der Waals surface area contributed by atoms with Crippen LogP contribution in [0.1, 0.15) is 52.4 Å². The van der Waals surface area contributed by atoms with Crippen LogP contribution in [0.2, 0.25) is 0 Å². The Balaban J connectivity index is 2.26. The van der Waals surface area contributed by atoms with Crippen LogP contribution in [-0.2, 0) is 14.8 Å². The third kappa shape index (κ3) is 5.25. The number of carbonyl (C=O) groups excluding carboxylic acids is 1. The zero-order valence-corrected chi connectivity index (χ0v) is 15.7. The molecule has 1 aliphatic rings. The van der Waals surface area contributed by atoms with Crippen molar-refractivity contribution in [3.8, 4) is 0 Å². The zero-order valence-electron chi connectivity index (χ0n) is 14.9. The number of carbonyl (C=O) groups is 1. The van der Waals surface area contributed by atoms with Crippen molar-refractivity contribution in [2.24, 2.45) is 0 Å². The second kappa shape index (κ2) is 8.76. The van der Waals surface area contributed by atoms with Gasteiger partial charge in [-0.25, -0.2) is 12.8 Å². The van der Waals surface area contributed by atoms with Gasteiger partial charge in [0.15, 0.2) is 0 Å². The van der Waals surface area contributed by atoms with E-state index < -0.39 is 15.8 Å². The molecule has 1 saturated carbocycles. The fourth-order valence-electron chi connectivity index (χ4n) is 3.09. The molecule has 0 radical (unpaired) electrons. The maximum Gasteiger partial charge on any atom is 0.243 e. The lowest BCUT2D eigenvalue weighted by Crippen LogP contribution is -2.48. The first-order chi connectivity index (χ1) is 11.8. The largest absolute Gasteiger partial charge is 0.353 e. The molecule has 1 aromatic carbocycles. The molecule has 0 aliphatic heterocycles. The highest BCUT2D eigenvalue weighted by Gasteiger charge is 2.34. The van der Waals surface area contributed by atoms with Gasteiger partial charge < -0.3 is 5.32 Å². The molecular formula is C18H27FN2O3S. The summed E-state index contributed by atoms with van der Waals surface area (Å²) in [5.74, 6) is -0.789. The van der Waals surface area contributed by atoms with E-state index in [0.717, 1.165) is 50.7 Å². The Kier molecular flexibility index (Phi) is 6.95. The van der Waals surface area contributed by atoms with E-state index in [1.807, 2.05) is 13.8 Å². The summed E-state index contributed by atoms with van der Waals surface area (Å²) >= 11 is 0. The van der Waals surface area contributed by atoms with E-state index in [1.165, 1.54) is 16.4 Å². The van der Waals surface area contributed by atoms with Gasteiger partial charge in [-0.2, -0.15) is 4.31 Å². The van der Waals surface area contributed by atoms with Crippen LogP contribution < -0.4 is 5.32 Å². The number of rotatable bonds is 7. The quantitative estimate of drug-likeness (QED) is 0.802. The van der Waals surface area contributed by atoms with Crippen molar-refractivity contribution in [2.75, 3.05) is 6.54 Å². The van der Waals surface area contributed by atoms with Crippen LogP contribution in [0.4, 0.5) is 4.39 Å². The van der Waals surface area contributed by atoms with Crippen LogP contribution in [-0.4, -0.2) is 37.3 Å². The molecular weight excluding hydrogens is 343 g/mol. The van der Waals surface area contributed by atoms with Crippen molar-refractivity contribution in [3.63, 3.8) is 0 Å². The average molecular weight is 370 g/mol. The number of nitrogens with zero attached hydrogens (tertiary/aromatic N) is 1. The van der Waals surface area contributed by atoms with Crippen molar-refractivity contribution in [3.05, 3.63) is 30.1 Å². The standard InChI is InChI=1S/C18H27FN2O3S/c1-3-14(2)20-18(22)13-21(16-7-5-4-6-8-16)25(23,24)17-11-9-15(19)10-12-17/h9-12,14,16H,3-8,13H2,1-2H3,(H,20,22)/t14-/m0/s1. The van der Waals surface area contributed by atoms with Crippen molar-refractivity contribution < 1.29 is 17.6 Å². The molecule has 0 aromatic heterocycles. The Morgan fingerprint density at radius 3 is 2.40 bits per heavy atom. The predicted molar refractivity (Wildman–Crippen MR) is 95.1 cm³/mol. The molecule has 140 valence electrons. The molecule has 1 amide bonds. The zero-order chi connectivity index (χ0) is 18.4. The maximum atomic E-state index is 13.2. The van der Waals surface area contributed by atoms with Gasteiger partial charge in [0.25, 0.3) is 0 Å². The molecule has 2 rings (SSSR count). The van der Waals surface area contributed by atoms with Gasteiger partial charge in [0, 0.05) is 12.1 Å². The minimum Gasteiger partial charge on any atom is -0.353 e. The monoisotopic (exact) mass is 370 g/mol. The average Bonchev–Trinajstić information content (AvgIpc) is 2.60. The molecule has 7 heteroatoms. The van der Waals surface area contributed by atoms with E-state index in [2.05, 4.69) is 5.32 Å². The van der Waals surface area contributed by atoms with Crippen LogP contribution in [0.25, 0.3) is 0 Å². The molecule has 1 fully saturated rings. The SMILES string of the molecule is CC[C@H](C)NC(=O)CN(C1CCCCC1)S(=O)(=O)c1ccc(F)cc1. The molecule has 0 spiro atoms. The van der Waals surface area contributed by atoms with Gasteiger partial charge in [0.1, 0.15) is 5.82 Å². The Morgan fingerprint density at radius 2 is 1.84 bits per heavy atom. The summed E-state index contributed by atoms with van der Waals surface area (Å²) in [6, 6.07) is 4.58. The number of halogens is 1. The van der Waals surface area contributed by atoms with E-state index in [4.69, 9.17) is 0 Å². The van der Waals surface area contributed by atoms with Crippen molar-refractivity contribution in [1.82, 2.24) is 9.62 Å². The molecule has 1 N–H and O–H groups in total. The molecule has 0 unspecified atom stereocenters. The van der Waals surface area contributed by atoms with Gasteiger partial charge >= 0.3 is 0 Å². The van der Waals surface area contributed by atoms with Gasteiger partial charge in [-0.05, 0) is 50.5 Å². The predicted octanol–water partition coefficient (Wildman–Crippen LogP) is 3.06. The minimum atomic E-state index is -3.85. The van der Waals surface area contributed by atoms with Crippen LogP contribution in [0, 0.1) is 5.82 Å². The molecule has 1 atom stereocenters. The molecule has 0 bridgehead atoms. The number of sulfonamides is 1. The summed E-state index contributed by atoms with van der Waals surface area (Å²) in [6.07, 6.45) is 5.26. The van der Waals surface area contributed by atoms with Gasteiger partial charge in [-0.15, -0.1) is 0 Å². The van der Waals surface area contributed by atoms with Gasteiger partial charge in [0.2, 0.25) is 15.9 Å². The molecule has 25 heavy (non-hydrogen) atoms. The molecule has 0 saturated heterocycles. The lowest BCUT2D eigenvalue weighted by atomic mass is 9.95. The highest BCUT2D eigenvalue weighted by molar-refractivity contribution is 7.89. The van der Waals surface area contributed by atoms with Crippen molar-refractivity contribution >= 4 is 15.9 Å². The topological polar surface area (TPSA) is 66.5 Å². The summed E-state index contributed by atoms with van der Waals surface area (Å²) in [5.41, 5.74) is 0. The van der Waals surface area contributed by atoms with E-state index in [0.29, 0.717) is 0 Å². The van der Waals surface area contributed by atoms with Gasteiger partial charge in [0.05, 0.1) is 11.4 Å². The second-order valence-corrected chi connectivity index (χ2v) is 8.56. The molecule has 0 heterocycles. The second-order valence-electron chi connectivity index (χ2n) is 6.67. The first kappa shape index (κ1) is 19.8. The highest BCUT2D eigenvalue weighted by atomic mass is 32.2. The number of hydrogen-bond donors (Lipinski definition) is 1. The summed E-state index contributed by atoms with van der Waals surface area (Å²) in [4.78, 5) is 12.3. The fourth-order valence-corrected chi connectivity index (χ4v) is 4.73. The van der Waals surface area contributed by atoms with E-state index in [9.17, 15) is 17.6 Å². The lowest BCUT2D eigenvalue weighted by Gasteiger charge is -2.33. The van der Waals surface area contributed by atoms with Crippen LogP contribution in [0.3, 0.4) is 0 Å².